The van der Waals surface area contributed by atoms with Crippen LogP contribution in [-0.2, 0) is 38.3 Å². The SMILES string of the molecule is CCCCC/C=C\C/C=C\C/C=C\CCCCCCCCCOCC(COC1OC(CO)C(O)C(OS(=O)(=O)O)C1O)OC(=O)CCCCCCCC/C=C\C/C=C\C/C=C\CCCCCCC. The number of aliphatic hydroxyl groups excluding tert-OH is 3. The number of unbranched alkanes of at least 4 members (excludes halogenated alkanes) is 21. The molecule has 0 aromatic rings. The summed E-state index contributed by atoms with van der Waals surface area (Å²) in [7, 11) is -5.07. The van der Waals surface area contributed by atoms with Gasteiger partial charge in [0.05, 0.1) is 19.8 Å². The Hall–Kier alpha value is -2.46. The fourth-order valence-electron chi connectivity index (χ4n) is 7.75. The summed E-state index contributed by atoms with van der Waals surface area (Å²) in [5, 5.41) is 30.8. The van der Waals surface area contributed by atoms with Crippen molar-refractivity contribution in [1.29, 1.82) is 0 Å². The third-order valence-corrected chi connectivity index (χ3v) is 12.3. The molecule has 0 aliphatic carbocycles. The molecular weight excluding hydrogens is 885 g/mol. The normalized spacial score (nSPS) is 19.9. The lowest BCUT2D eigenvalue weighted by Gasteiger charge is -2.41. The van der Waals surface area contributed by atoms with Gasteiger partial charge in [0.25, 0.3) is 0 Å². The first-order valence-electron chi connectivity index (χ1n) is 26.7. The molecule has 0 aromatic heterocycles. The van der Waals surface area contributed by atoms with Crippen molar-refractivity contribution in [3.63, 3.8) is 0 Å². The number of hydrogen-bond acceptors (Lipinski definition) is 11. The maximum Gasteiger partial charge on any atom is 0.397 e. The highest BCUT2D eigenvalue weighted by Gasteiger charge is 2.48. The van der Waals surface area contributed by atoms with Gasteiger partial charge in [-0.2, -0.15) is 8.42 Å². The minimum atomic E-state index is -5.07. The fraction of sp³-hybridized carbons (Fsp3) is 0.764. The zero-order valence-corrected chi connectivity index (χ0v) is 43.2. The van der Waals surface area contributed by atoms with Gasteiger partial charge in [0, 0.05) is 13.0 Å². The van der Waals surface area contributed by atoms with Crippen LogP contribution in [0.25, 0.3) is 0 Å². The van der Waals surface area contributed by atoms with Crippen molar-refractivity contribution in [1.82, 2.24) is 0 Å². The fourth-order valence-corrected chi connectivity index (χ4v) is 8.25. The van der Waals surface area contributed by atoms with E-state index in [1.54, 1.807) is 0 Å². The smallest absolute Gasteiger partial charge is 0.397 e. The summed E-state index contributed by atoms with van der Waals surface area (Å²) in [5.41, 5.74) is 0. The summed E-state index contributed by atoms with van der Waals surface area (Å²) >= 11 is 0. The molecule has 4 N–H and O–H groups in total. The van der Waals surface area contributed by atoms with Gasteiger partial charge in [0.15, 0.2) is 6.29 Å². The van der Waals surface area contributed by atoms with Crippen molar-refractivity contribution in [2.45, 2.75) is 243 Å². The van der Waals surface area contributed by atoms with Crippen LogP contribution in [0.1, 0.15) is 206 Å². The summed E-state index contributed by atoms with van der Waals surface area (Å²) in [6.45, 7) is 3.92. The summed E-state index contributed by atoms with van der Waals surface area (Å²) in [6, 6.07) is 0. The van der Waals surface area contributed by atoms with Gasteiger partial charge in [-0.05, 0) is 89.9 Å². The average Bonchev–Trinajstić information content (AvgIpc) is 3.31. The molecule has 0 aromatic carbocycles. The van der Waals surface area contributed by atoms with Crippen molar-refractivity contribution < 1.29 is 56.2 Å². The quantitative estimate of drug-likeness (QED) is 0.0197. The predicted molar refractivity (Wildman–Crippen MR) is 276 cm³/mol. The molecule has 12 nitrogen and oxygen atoms in total. The molecule has 6 atom stereocenters. The topological polar surface area (TPSA) is 178 Å². The van der Waals surface area contributed by atoms with Crippen LogP contribution in [0.4, 0.5) is 0 Å². The van der Waals surface area contributed by atoms with Gasteiger partial charge < -0.3 is 34.3 Å². The number of allylic oxidation sites excluding steroid dienone is 12. The highest BCUT2D eigenvalue weighted by Crippen LogP contribution is 2.26. The molecule has 6 unspecified atom stereocenters. The molecule has 394 valence electrons. The van der Waals surface area contributed by atoms with Crippen molar-refractivity contribution in [2.75, 3.05) is 26.4 Å². The summed E-state index contributed by atoms with van der Waals surface area (Å²) < 4.78 is 59.3. The Morgan fingerprint density at radius 2 is 0.971 bits per heavy atom. The van der Waals surface area contributed by atoms with E-state index < -0.39 is 59.8 Å². The van der Waals surface area contributed by atoms with Crippen LogP contribution in [-0.4, -0.2) is 97.5 Å². The minimum Gasteiger partial charge on any atom is -0.457 e. The standard InChI is InChI=1S/C55H96O12S/c1-3-5-7-9-11-13-15-17-19-21-23-25-26-28-30-32-34-36-38-40-42-44-51(57)65-49(48-64-55-53(59)54(67-68(60,61)62)52(58)50(46-56)66-55)47-63-45-43-41-39-37-35-33-31-29-27-24-22-20-18-16-14-12-10-8-6-4-2/h12,14-15,17-18,20-21,23-24,26-28,49-50,52-56,58-59H,3-11,13,16,19,22,25,29-48H2,1-2H3,(H,60,61,62)/b14-12-,17-15-,20-18-,23-21-,27-24-,28-26-. The molecule has 1 heterocycles. The third-order valence-electron chi connectivity index (χ3n) is 11.8. The molecule has 0 saturated carbocycles. The maximum absolute atomic E-state index is 12.9. The van der Waals surface area contributed by atoms with Crippen LogP contribution in [0.2, 0.25) is 0 Å². The molecule has 0 radical (unpaired) electrons. The molecule has 1 rings (SSSR count). The van der Waals surface area contributed by atoms with Crippen LogP contribution >= 0.6 is 0 Å². The third kappa shape index (κ3) is 38.3. The number of hydrogen-bond donors (Lipinski definition) is 4. The Balaban J connectivity index is 2.38. The van der Waals surface area contributed by atoms with Crippen molar-refractivity contribution in [2.24, 2.45) is 0 Å². The number of rotatable bonds is 46. The second-order valence-electron chi connectivity index (χ2n) is 18.1. The second kappa shape index (κ2) is 45.7. The van der Waals surface area contributed by atoms with E-state index in [9.17, 15) is 33.1 Å². The van der Waals surface area contributed by atoms with Crippen molar-refractivity contribution in [3.8, 4) is 0 Å². The lowest BCUT2D eigenvalue weighted by Crippen LogP contribution is -2.60. The van der Waals surface area contributed by atoms with Gasteiger partial charge in [-0.1, -0.05) is 183 Å². The van der Waals surface area contributed by atoms with E-state index in [1.807, 2.05) is 0 Å². The minimum absolute atomic E-state index is 0.0203. The molecule has 13 heteroatoms. The molecule has 1 aliphatic heterocycles. The Kier molecular flexibility index (Phi) is 42.7. The number of esters is 1. The van der Waals surface area contributed by atoms with Crippen LogP contribution in [0.15, 0.2) is 72.9 Å². The number of carbonyl (C=O) groups excluding carboxylic acids is 1. The van der Waals surface area contributed by atoms with E-state index in [0.717, 1.165) is 96.3 Å². The Bertz CT molecular complexity index is 1460. The molecule has 1 saturated heterocycles. The van der Waals surface area contributed by atoms with Gasteiger partial charge in [0.1, 0.15) is 30.5 Å². The van der Waals surface area contributed by atoms with Gasteiger partial charge in [0.2, 0.25) is 0 Å². The first kappa shape index (κ1) is 63.6. The van der Waals surface area contributed by atoms with Crippen molar-refractivity contribution in [3.05, 3.63) is 72.9 Å². The van der Waals surface area contributed by atoms with Gasteiger partial charge >= 0.3 is 16.4 Å². The van der Waals surface area contributed by atoms with E-state index in [2.05, 4.69) is 90.9 Å². The van der Waals surface area contributed by atoms with Crippen LogP contribution < -0.4 is 0 Å². The van der Waals surface area contributed by atoms with E-state index >= 15 is 0 Å². The van der Waals surface area contributed by atoms with E-state index in [4.69, 9.17) is 18.9 Å². The van der Waals surface area contributed by atoms with E-state index in [0.29, 0.717) is 13.0 Å². The summed E-state index contributed by atoms with van der Waals surface area (Å²) in [6.07, 6.45) is 50.7. The van der Waals surface area contributed by atoms with E-state index in [1.165, 1.54) is 83.5 Å². The second-order valence-corrected chi connectivity index (χ2v) is 19.2. The summed E-state index contributed by atoms with van der Waals surface area (Å²) in [4.78, 5) is 12.9. The molecule has 1 fully saturated rings. The molecule has 0 spiro atoms. The molecule has 1 aliphatic rings. The van der Waals surface area contributed by atoms with Crippen LogP contribution in [0.5, 0.6) is 0 Å². The molecule has 68 heavy (non-hydrogen) atoms. The lowest BCUT2D eigenvalue weighted by molar-refractivity contribution is -0.301. The van der Waals surface area contributed by atoms with Gasteiger partial charge in [-0.3, -0.25) is 9.35 Å². The van der Waals surface area contributed by atoms with Gasteiger partial charge in [-0.25, -0.2) is 4.18 Å². The maximum atomic E-state index is 12.9. The Labute approximate surface area is 413 Å². The first-order valence-corrected chi connectivity index (χ1v) is 28.1. The Morgan fingerprint density at radius 1 is 0.559 bits per heavy atom. The van der Waals surface area contributed by atoms with Crippen LogP contribution in [0.3, 0.4) is 0 Å². The van der Waals surface area contributed by atoms with Gasteiger partial charge in [-0.15, -0.1) is 0 Å². The monoisotopic (exact) mass is 981 g/mol. The summed E-state index contributed by atoms with van der Waals surface area (Å²) in [5.74, 6) is -0.416. The zero-order valence-electron chi connectivity index (χ0n) is 42.4. The first-order chi connectivity index (χ1) is 33.1. The predicted octanol–water partition coefficient (Wildman–Crippen LogP) is 12.6. The largest absolute Gasteiger partial charge is 0.457 e. The number of aliphatic hydroxyl groups is 3. The van der Waals surface area contributed by atoms with Crippen molar-refractivity contribution >= 4 is 16.4 Å². The number of ether oxygens (including phenoxy) is 4. The zero-order chi connectivity index (χ0) is 49.6. The highest BCUT2D eigenvalue weighted by molar-refractivity contribution is 7.80. The Morgan fingerprint density at radius 3 is 1.44 bits per heavy atom. The highest BCUT2D eigenvalue weighted by atomic mass is 32.3. The average molecular weight is 981 g/mol. The van der Waals surface area contributed by atoms with Crippen LogP contribution in [0, 0.1) is 0 Å². The lowest BCUT2D eigenvalue weighted by atomic mass is 9.99. The van der Waals surface area contributed by atoms with E-state index in [-0.39, 0.29) is 19.6 Å². The number of carbonyl (C=O) groups is 1. The molecule has 0 amide bonds. The molecular formula is C55H96O12S. The molecule has 0 bridgehead atoms.